The molecule has 1 rings (SSSR count). The van der Waals surface area contributed by atoms with Crippen LogP contribution in [0.3, 0.4) is 0 Å². The van der Waals surface area contributed by atoms with Crippen LogP contribution in [0.5, 0.6) is 11.5 Å². The predicted molar refractivity (Wildman–Crippen MR) is 76.5 cm³/mol. The second kappa shape index (κ2) is 7.80. The van der Waals surface area contributed by atoms with Gasteiger partial charge in [-0.2, -0.15) is 0 Å². The summed E-state index contributed by atoms with van der Waals surface area (Å²) in [5.41, 5.74) is 7.03. The molecule has 17 heavy (non-hydrogen) atoms. The van der Waals surface area contributed by atoms with Gasteiger partial charge in [0.25, 0.3) is 0 Å². The minimum absolute atomic E-state index is 0. The van der Waals surface area contributed by atoms with Crippen molar-refractivity contribution in [3.63, 3.8) is 0 Å². The third-order valence-corrected chi connectivity index (χ3v) is 3.18. The van der Waals surface area contributed by atoms with E-state index in [9.17, 15) is 0 Å². The second-order valence-corrected chi connectivity index (χ2v) is 4.53. The van der Waals surface area contributed by atoms with Crippen molar-refractivity contribution < 1.29 is 9.47 Å². The minimum Gasteiger partial charge on any atom is -0.496 e. The van der Waals surface area contributed by atoms with E-state index in [1.807, 2.05) is 12.1 Å². The molecule has 3 nitrogen and oxygen atoms in total. The van der Waals surface area contributed by atoms with E-state index < -0.39 is 0 Å². The highest BCUT2D eigenvalue weighted by Gasteiger charge is 2.11. The van der Waals surface area contributed by atoms with Crippen LogP contribution in [0.4, 0.5) is 0 Å². The topological polar surface area (TPSA) is 44.5 Å². The molecule has 0 bridgehead atoms. The third-order valence-electron chi connectivity index (χ3n) is 2.56. The van der Waals surface area contributed by atoms with Crippen molar-refractivity contribution in [3.05, 3.63) is 22.2 Å². The van der Waals surface area contributed by atoms with Crippen LogP contribution in [0.2, 0.25) is 0 Å². The number of hydrogen-bond acceptors (Lipinski definition) is 3. The zero-order chi connectivity index (χ0) is 12.1. The molecule has 98 valence electrons. The van der Waals surface area contributed by atoms with Gasteiger partial charge in [-0.3, -0.25) is 0 Å². The van der Waals surface area contributed by atoms with E-state index >= 15 is 0 Å². The van der Waals surface area contributed by atoms with Gasteiger partial charge in [0, 0.05) is 6.04 Å². The fourth-order valence-electron chi connectivity index (χ4n) is 1.51. The normalized spacial score (nSPS) is 11.6. The number of nitrogens with two attached hydrogens (primary N) is 1. The van der Waals surface area contributed by atoms with Crippen LogP contribution in [0.1, 0.15) is 18.9 Å². The van der Waals surface area contributed by atoms with Gasteiger partial charge in [-0.15, -0.1) is 12.4 Å². The lowest BCUT2D eigenvalue weighted by molar-refractivity contribution is 0.395. The summed E-state index contributed by atoms with van der Waals surface area (Å²) in [6.45, 7) is 2.08. The number of methoxy groups -OCH3 is 2. The fourth-order valence-corrected chi connectivity index (χ4v) is 1.99. The molecule has 0 aliphatic rings. The van der Waals surface area contributed by atoms with E-state index in [0.717, 1.165) is 34.4 Å². The standard InChI is InChI=1S/C12H18BrNO2.ClH/c1-4-9(14)5-8-6-12(16-3)10(13)7-11(8)15-2;/h6-7,9H,4-5,14H2,1-3H3;1H/t9-;/m0./s1. The fraction of sp³-hybridized carbons (Fsp3) is 0.500. The first kappa shape index (κ1) is 16.6. The maximum absolute atomic E-state index is 5.95. The molecule has 0 aromatic heterocycles. The summed E-state index contributed by atoms with van der Waals surface area (Å²) in [5.74, 6) is 1.65. The van der Waals surface area contributed by atoms with Gasteiger partial charge in [-0.25, -0.2) is 0 Å². The molecule has 1 aromatic carbocycles. The highest BCUT2D eigenvalue weighted by molar-refractivity contribution is 9.10. The summed E-state index contributed by atoms with van der Waals surface area (Å²) in [5, 5.41) is 0. The van der Waals surface area contributed by atoms with E-state index in [4.69, 9.17) is 15.2 Å². The van der Waals surface area contributed by atoms with Gasteiger partial charge in [0.05, 0.1) is 18.7 Å². The molecule has 2 N–H and O–H groups in total. The van der Waals surface area contributed by atoms with Crippen LogP contribution in [-0.4, -0.2) is 20.3 Å². The summed E-state index contributed by atoms with van der Waals surface area (Å²) in [4.78, 5) is 0. The van der Waals surface area contributed by atoms with E-state index in [1.54, 1.807) is 14.2 Å². The summed E-state index contributed by atoms with van der Waals surface area (Å²) < 4.78 is 11.5. The monoisotopic (exact) mass is 323 g/mol. The third kappa shape index (κ3) is 4.37. The quantitative estimate of drug-likeness (QED) is 0.905. The van der Waals surface area contributed by atoms with Gasteiger partial charge < -0.3 is 15.2 Å². The first-order chi connectivity index (χ1) is 7.62. The summed E-state index contributed by atoms with van der Waals surface area (Å²) >= 11 is 3.43. The van der Waals surface area contributed by atoms with Crippen molar-refractivity contribution in [2.24, 2.45) is 5.73 Å². The second-order valence-electron chi connectivity index (χ2n) is 3.67. The number of halogens is 2. The van der Waals surface area contributed by atoms with Crippen molar-refractivity contribution in [2.45, 2.75) is 25.8 Å². The number of ether oxygens (including phenoxy) is 2. The highest BCUT2D eigenvalue weighted by atomic mass is 79.9. The Labute approximate surface area is 117 Å². The lowest BCUT2D eigenvalue weighted by Gasteiger charge is -2.15. The van der Waals surface area contributed by atoms with Crippen molar-refractivity contribution in [2.75, 3.05) is 14.2 Å². The van der Waals surface area contributed by atoms with Gasteiger partial charge in [-0.05, 0) is 46.5 Å². The first-order valence-electron chi connectivity index (χ1n) is 5.28. The van der Waals surface area contributed by atoms with Crippen molar-refractivity contribution in [3.8, 4) is 11.5 Å². The maximum Gasteiger partial charge on any atom is 0.133 e. The molecule has 0 unspecified atom stereocenters. The zero-order valence-electron chi connectivity index (χ0n) is 10.3. The van der Waals surface area contributed by atoms with Crippen molar-refractivity contribution in [1.82, 2.24) is 0 Å². The minimum atomic E-state index is 0. The summed E-state index contributed by atoms with van der Waals surface area (Å²) in [6, 6.07) is 4.04. The zero-order valence-corrected chi connectivity index (χ0v) is 12.7. The summed E-state index contributed by atoms with van der Waals surface area (Å²) in [6.07, 6.45) is 1.74. The Bertz CT molecular complexity index is 361. The van der Waals surface area contributed by atoms with Crippen LogP contribution in [0.25, 0.3) is 0 Å². The van der Waals surface area contributed by atoms with Gasteiger partial charge in [0.1, 0.15) is 11.5 Å². The van der Waals surface area contributed by atoms with Crippen LogP contribution in [0, 0.1) is 0 Å². The Morgan fingerprint density at radius 1 is 1.24 bits per heavy atom. The SMILES string of the molecule is CC[C@H](N)Cc1cc(OC)c(Br)cc1OC.Cl. The molecule has 0 aliphatic heterocycles. The van der Waals surface area contributed by atoms with E-state index in [-0.39, 0.29) is 18.4 Å². The molecule has 5 heteroatoms. The molecule has 0 saturated heterocycles. The highest BCUT2D eigenvalue weighted by Crippen LogP contribution is 2.33. The van der Waals surface area contributed by atoms with Crippen molar-refractivity contribution >= 4 is 28.3 Å². The lowest BCUT2D eigenvalue weighted by Crippen LogP contribution is -2.21. The van der Waals surface area contributed by atoms with Gasteiger partial charge in [0.2, 0.25) is 0 Å². The van der Waals surface area contributed by atoms with Crippen molar-refractivity contribution in [1.29, 1.82) is 0 Å². The maximum atomic E-state index is 5.95. The van der Waals surface area contributed by atoms with E-state index in [0.29, 0.717) is 0 Å². The molecule has 0 aliphatic carbocycles. The van der Waals surface area contributed by atoms with Crippen LogP contribution in [0.15, 0.2) is 16.6 Å². The number of benzene rings is 1. The molecule has 0 radical (unpaired) electrons. The molecule has 0 saturated carbocycles. The average molecular weight is 325 g/mol. The van der Waals surface area contributed by atoms with E-state index in [1.165, 1.54) is 0 Å². The Hall–Kier alpha value is -0.450. The smallest absolute Gasteiger partial charge is 0.133 e. The molecular weight excluding hydrogens is 305 g/mol. The van der Waals surface area contributed by atoms with Gasteiger partial charge >= 0.3 is 0 Å². The molecule has 0 fully saturated rings. The number of rotatable bonds is 5. The molecule has 0 amide bonds. The van der Waals surface area contributed by atoms with Crippen LogP contribution >= 0.6 is 28.3 Å². The van der Waals surface area contributed by atoms with Gasteiger partial charge in [0.15, 0.2) is 0 Å². The summed E-state index contributed by atoms with van der Waals surface area (Å²) in [7, 11) is 3.31. The largest absolute Gasteiger partial charge is 0.496 e. The molecule has 0 heterocycles. The van der Waals surface area contributed by atoms with Crippen LogP contribution < -0.4 is 15.2 Å². The van der Waals surface area contributed by atoms with E-state index in [2.05, 4.69) is 22.9 Å². The predicted octanol–water partition coefficient (Wildman–Crippen LogP) is 3.17. The lowest BCUT2D eigenvalue weighted by atomic mass is 10.0. The Morgan fingerprint density at radius 2 is 1.82 bits per heavy atom. The van der Waals surface area contributed by atoms with Gasteiger partial charge in [-0.1, -0.05) is 6.92 Å². The molecular formula is C12H19BrClNO2. The Morgan fingerprint density at radius 3 is 2.29 bits per heavy atom. The molecule has 0 spiro atoms. The Kier molecular flexibility index (Phi) is 7.59. The average Bonchev–Trinajstić information content (AvgIpc) is 2.30. The molecule has 1 atom stereocenters. The number of hydrogen-bond donors (Lipinski definition) is 1. The van der Waals surface area contributed by atoms with Crippen LogP contribution in [-0.2, 0) is 6.42 Å². The first-order valence-corrected chi connectivity index (χ1v) is 6.07. The Balaban J connectivity index is 0.00000256. The molecule has 1 aromatic rings.